The van der Waals surface area contributed by atoms with Gasteiger partial charge in [0.15, 0.2) is 0 Å². The van der Waals surface area contributed by atoms with E-state index in [9.17, 15) is 4.79 Å². The highest BCUT2D eigenvalue weighted by atomic mass is 16.1. The first-order valence-electron chi connectivity index (χ1n) is 7.38. The lowest BCUT2D eigenvalue weighted by atomic mass is 9.86. The SMILES string of the molecule is CN1CCCC(NC2CCCCC2)(C(N)=O)CC1. The number of hydrogen-bond acceptors (Lipinski definition) is 3. The molecule has 0 aromatic heterocycles. The fourth-order valence-corrected chi connectivity index (χ4v) is 3.37. The zero-order valence-electron chi connectivity index (χ0n) is 11.6. The van der Waals surface area contributed by atoms with E-state index in [1.807, 2.05) is 0 Å². The Kier molecular flexibility index (Phi) is 4.62. The minimum Gasteiger partial charge on any atom is -0.368 e. The van der Waals surface area contributed by atoms with E-state index in [4.69, 9.17) is 5.73 Å². The van der Waals surface area contributed by atoms with Gasteiger partial charge in [0.1, 0.15) is 0 Å². The number of likely N-dealkylation sites (tertiary alicyclic amines) is 1. The van der Waals surface area contributed by atoms with Crippen molar-refractivity contribution in [1.82, 2.24) is 10.2 Å². The number of primary amides is 1. The third-order valence-electron chi connectivity index (χ3n) is 4.62. The highest BCUT2D eigenvalue weighted by Gasteiger charge is 2.39. The standard InChI is InChI=1S/C14H27N3O/c1-17-10-5-8-14(9-11-17,13(15)18)16-12-6-3-2-4-7-12/h12,16H,2-11H2,1H3,(H2,15,18). The highest BCUT2D eigenvalue weighted by Crippen LogP contribution is 2.26. The van der Waals surface area contributed by atoms with E-state index in [2.05, 4.69) is 17.3 Å². The zero-order chi connectivity index (χ0) is 13.0. The van der Waals surface area contributed by atoms with Crippen LogP contribution in [0.1, 0.15) is 51.4 Å². The Morgan fingerprint density at radius 1 is 1.17 bits per heavy atom. The second-order valence-corrected chi connectivity index (χ2v) is 6.08. The van der Waals surface area contributed by atoms with Crippen molar-refractivity contribution in [2.24, 2.45) is 5.73 Å². The van der Waals surface area contributed by atoms with Gasteiger partial charge in [-0.3, -0.25) is 4.79 Å². The first-order valence-corrected chi connectivity index (χ1v) is 7.38. The van der Waals surface area contributed by atoms with Crippen molar-refractivity contribution in [3.05, 3.63) is 0 Å². The lowest BCUT2D eigenvalue weighted by Gasteiger charge is -2.36. The number of rotatable bonds is 3. The number of nitrogens with two attached hydrogens (primary N) is 1. The van der Waals surface area contributed by atoms with Crippen LogP contribution in [0.3, 0.4) is 0 Å². The van der Waals surface area contributed by atoms with Gasteiger partial charge in [0.05, 0.1) is 5.54 Å². The topological polar surface area (TPSA) is 58.4 Å². The van der Waals surface area contributed by atoms with Gasteiger partial charge in [-0.2, -0.15) is 0 Å². The molecule has 2 aliphatic rings. The Balaban J connectivity index is 2.03. The van der Waals surface area contributed by atoms with Crippen molar-refractivity contribution in [2.75, 3.05) is 20.1 Å². The van der Waals surface area contributed by atoms with E-state index in [0.29, 0.717) is 6.04 Å². The number of nitrogens with one attached hydrogen (secondary N) is 1. The molecule has 2 fully saturated rings. The number of carbonyl (C=O) groups excluding carboxylic acids is 1. The maximum absolute atomic E-state index is 12.0. The van der Waals surface area contributed by atoms with Crippen molar-refractivity contribution >= 4 is 5.91 Å². The maximum Gasteiger partial charge on any atom is 0.237 e. The highest BCUT2D eigenvalue weighted by molar-refractivity contribution is 5.84. The minimum atomic E-state index is -0.452. The second-order valence-electron chi connectivity index (χ2n) is 6.08. The molecule has 18 heavy (non-hydrogen) atoms. The summed E-state index contributed by atoms with van der Waals surface area (Å²) >= 11 is 0. The summed E-state index contributed by atoms with van der Waals surface area (Å²) in [5, 5.41) is 3.63. The minimum absolute atomic E-state index is 0.150. The Labute approximate surface area is 110 Å². The van der Waals surface area contributed by atoms with E-state index >= 15 is 0 Å². The molecule has 4 nitrogen and oxygen atoms in total. The number of amides is 1. The zero-order valence-corrected chi connectivity index (χ0v) is 11.6. The quantitative estimate of drug-likeness (QED) is 0.796. The molecule has 3 N–H and O–H groups in total. The summed E-state index contributed by atoms with van der Waals surface area (Å²) in [6.07, 6.45) is 9.11. The molecular weight excluding hydrogens is 226 g/mol. The van der Waals surface area contributed by atoms with E-state index in [1.54, 1.807) is 0 Å². The predicted molar refractivity (Wildman–Crippen MR) is 73.3 cm³/mol. The summed E-state index contributed by atoms with van der Waals surface area (Å²) in [5.74, 6) is -0.150. The van der Waals surface area contributed by atoms with E-state index < -0.39 is 5.54 Å². The van der Waals surface area contributed by atoms with Crippen LogP contribution in [-0.2, 0) is 4.79 Å². The van der Waals surface area contributed by atoms with Crippen LogP contribution in [0.5, 0.6) is 0 Å². The smallest absolute Gasteiger partial charge is 0.237 e. The summed E-state index contributed by atoms with van der Waals surface area (Å²) in [7, 11) is 2.12. The number of nitrogens with zero attached hydrogens (tertiary/aromatic N) is 1. The average molecular weight is 253 g/mol. The number of carbonyl (C=O) groups is 1. The van der Waals surface area contributed by atoms with Crippen LogP contribution in [-0.4, -0.2) is 42.5 Å². The Hall–Kier alpha value is -0.610. The van der Waals surface area contributed by atoms with Crippen molar-refractivity contribution in [1.29, 1.82) is 0 Å². The molecule has 1 amide bonds. The summed E-state index contributed by atoms with van der Waals surface area (Å²) < 4.78 is 0. The van der Waals surface area contributed by atoms with Gasteiger partial charge in [0.25, 0.3) is 0 Å². The van der Waals surface area contributed by atoms with Crippen molar-refractivity contribution in [2.45, 2.75) is 62.9 Å². The van der Waals surface area contributed by atoms with Gasteiger partial charge in [-0.1, -0.05) is 19.3 Å². The van der Waals surface area contributed by atoms with Crippen LogP contribution in [0, 0.1) is 0 Å². The number of hydrogen-bond donors (Lipinski definition) is 2. The van der Waals surface area contributed by atoms with Crippen LogP contribution in [0.4, 0.5) is 0 Å². The lowest BCUT2D eigenvalue weighted by molar-refractivity contribution is -0.125. The summed E-state index contributed by atoms with van der Waals surface area (Å²) in [6.45, 7) is 2.03. The summed E-state index contributed by atoms with van der Waals surface area (Å²) in [6, 6.07) is 0.495. The van der Waals surface area contributed by atoms with Gasteiger partial charge in [-0.15, -0.1) is 0 Å². The molecule has 2 rings (SSSR count). The first kappa shape index (κ1) is 13.8. The van der Waals surface area contributed by atoms with Gasteiger partial charge in [-0.25, -0.2) is 0 Å². The Bertz CT molecular complexity index is 289. The Morgan fingerprint density at radius 3 is 2.56 bits per heavy atom. The molecule has 0 aromatic carbocycles. The van der Waals surface area contributed by atoms with Crippen LogP contribution in [0.25, 0.3) is 0 Å². The molecule has 1 heterocycles. The normalized spacial score (nSPS) is 32.1. The maximum atomic E-state index is 12.0. The molecule has 0 aromatic rings. The predicted octanol–water partition coefficient (Wildman–Crippen LogP) is 1.25. The first-order chi connectivity index (χ1) is 8.62. The lowest BCUT2D eigenvalue weighted by Crippen LogP contribution is -2.59. The van der Waals surface area contributed by atoms with Crippen molar-refractivity contribution in [3.63, 3.8) is 0 Å². The molecule has 1 aliphatic heterocycles. The third kappa shape index (κ3) is 3.23. The van der Waals surface area contributed by atoms with Gasteiger partial charge >= 0.3 is 0 Å². The molecular formula is C14H27N3O. The van der Waals surface area contributed by atoms with Crippen molar-refractivity contribution in [3.8, 4) is 0 Å². The van der Waals surface area contributed by atoms with Crippen LogP contribution >= 0.6 is 0 Å². The van der Waals surface area contributed by atoms with Crippen LogP contribution < -0.4 is 11.1 Å². The van der Waals surface area contributed by atoms with Crippen LogP contribution in [0.2, 0.25) is 0 Å². The molecule has 1 atom stereocenters. The molecule has 0 bridgehead atoms. The molecule has 0 radical (unpaired) electrons. The summed E-state index contributed by atoms with van der Waals surface area (Å²) in [5.41, 5.74) is 5.26. The van der Waals surface area contributed by atoms with Crippen molar-refractivity contribution < 1.29 is 4.79 Å². The third-order valence-corrected chi connectivity index (χ3v) is 4.62. The molecule has 104 valence electrons. The van der Waals surface area contributed by atoms with Gasteiger partial charge in [-0.05, 0) is 45.7 Å². The molecule has 1 saturated heterocycles. The molecule has 1 saturated carbocycles. The molecule has 1 unspecified atom stereocenters. The van der Waals surface area contributed by atoms with Gasteiger partial charge in [0.2, 0.25) is 5.91 Å². The van der Waals surface area contributed by atoms with Crippen LogP contribution in [0.15, 0.2) is 0 Å². The molecule has 4 heteroatoms. The molecule has 0 spiro atoms. The summed E-state index contributed by atoms with van der Waals surface area (Å²) in [4.78, 5) is 14.2. The largest absolute Gasteiger partial charge is 0.368 e. The second kappa shape index (κ2) is 6.02. The van der Waals surface area contributed by atoms with E-state index in [0.717, 1.165) is 32.4 Å². The van der Waals surface area contributed by atoms with E-state index in [-0.39, 0.29) is 5.91 Å². The Morgan fingerprint density at radius 2 is 1.89 bits per heavy atom. The van der Waals surface area contributed by atoms with Gasteiger partial charge in [0, 0.05) is 12.6 Å². The monoisotopic (exact) mass is 253 g/mol. The average Bonchev–Trinajstić information content (AvgIpc) is 2.54. The van der Waals surface area contributed by atoms with E-state index in [1.165, 1.54) is 32.1 Å². The van der Waals surface area contributed by atoms with Gasteiger partial charge < -0.3 is 16.0 Å². The molecule has 1 aliphatic carbocycles. The fourth-order valence-electron chi connectivity index (χ4n) is 3.37. The fraction of sp³-hybridized carbons (Fsp3) is 0.929.